The molecule has 0 fully saturated rings. The van der Waals surface area contributed by atoms with Crippen LogP contribution < -0.4 is 14.8 Å². The summed E-state index contributed by atoms with van der Waals surface area (Å²) in [7, 11) is 0. The Kier molecular flexibility index (Phi) is 6.88. The van der Waals surface area contributed by atoms with Crippen LogP contribution in [0, 0.1) is 5.82 Å². The Hall–Kier alpha value is -2.96. The Morgan fingerprint density at radius 1 is 1.12 bits per heavy atom. The average Bonchev–Trinajstić information content (AvgIpc) is 2.59. The SMILES string of the molecule is O=C(/C=C/c1ccccc1OC(F)F)NCCOc1ccc(F)cc1. The van der Waals surface area contributed by atoms with Crippen molar-refractivity contribution < 1.29 is 27.4 Å². The highest BCUT2D eigenvalue weighted by molar-refractivity contribution is 5.92. The van der Waals surface area contributed by atoms with Crippen LogP contribution in [-0.4, -0.2) is 25.7 Å². The second-order valence-corrected chi connectivity index (χ2v) is 4.84. The number of nitrogens with one attached hydrogen (secondary N) is 1. The van der Waals surface area contributed by atoms with Crippen molar-refractivity contribution in [3.05, 3.63) is 66.0 Å². The molecule has 0 aromatic heterocycles. The minimum atomic E-state index is -2.94. The van der Waals surface area contributed by atoms with E-state index >= 15 is 0 Å². The zero-order valence-electron chi connectivity index (χ0n) is 13.1. The first-order valence-corrected chi connectivity index (χ1v) is 7.43. The number of para-hydroxylation sites is 1. The Bertz CT molecular complexity index is 718. The minimum Gasteiger partial charge on any atom is -0.492 e. The van der Waals surface area contributed by atoms with Crippen molar-refractivity contribution in [1.82, 2.24) is 5.32 Å². The van der Waals surface area contributed by atoms with E-state index in [1.807, 2.05) is 0 Å². The van der Waals surface area contributed by atoms with Crippen molar-refractivity contribution in [2.24, 2.45) is 0 Å². The number of ether oxygens (including phenoxy) is 2. The zero-order chi connectivity index (χ0) is 18.1. The van der Waals surface area contributed by atoms with E-state index in [-0.39, 0.29) is 24.7 Å². The van der Waals surface area contributed by atoms with Crippen LogP contribution in [0.5, 0.6) is 11.5 Å². The molecule has 1 amide bonds. The zero-order valence-corrected chi connectivity index (χ0v) is 13.1. The van der Waals surface area contributed by atoms with Gasteiger partial charge in [0.25, 0.3) is 0 Å². The molecule has 0 radical (unpaired) electrons. The Morgan fingerprint density at radius 2 is 1.84 bits per heavy atom. The number of benzene rings is 2. The van der Waals surface area contributed by atoms with Crippen LogP contribution >= 0.6 is 0 Å². The van der Waals surface area contributed by atoms with Crippen molar-refractivity contribution >= 4 is 12.0 Å². The van der Waals surface area contributed by atoms with Crippen LogP contribution in [-0.2, 0) is 4.79 Å². The molecule has 1 N–H and O–H groups in total. The molecule has 25 heavy (non-hydrogen) atoms. The van der Waals surface area contributed by atoms with Crippen LogP contribution in [0.25, 0.3) is 6.08 Å². The van der Waals surface area contributed by atoms with Gasteiger partial charge < -0.3 is 14.8 Å². The quantitative estimate of drug-likeness (QED) is 0.584. The first kappa shape index (κ1) is 18.4. The molecule has 2 aromatic carbocycles. The first-order chi connectivity index (χ1) is 12.0. The smallest absolute Gasteiger partial charge is 0.387 e. The van der Waals surface area contributed by atoms with Gasteiger partial charge in [0, 0.05) is 11.6 Å². The summed E-state index contributed by atoms with van der Waals surface area (Å²) < 4.78 is 47.0. The normalized spacial score (nSPS) is 10.9. The maximum atomic E-state index is 12.7. The van der Waals surface area contributed by atoms with Crippen LogP contribution in [0.2, 0.25) is 0 Å². The van der Waals surface area contributed by atoms with Gasteiger partial charge in [0.2, 0.25) is 5.91 Å². The molecule has 2 aromatic rings. The largest absolute Gasteiger partial charge is 0.492 e. The first-order valence-electron chi connectivity index (χ1n) is 7.43. The van der Waals surface area contributed by atoms with Gasteiger partial charge in [-0.05, 0) is 36.4 Å². The van der Waals surface area contributed by atoms with Gasteiger partial charge in [-0.2, -0.15) is 8.78 Å². The van der Waals surface area contributed by atoms with E-state index in [9.17, 15) is 18.0 Å². The summed E-state index contributed by atoms with van der Waals surface area (Å²) >= 11 is 0. The number of halogens is 3. The molecule has 0 spiro atoms. The molecule has 0 bridgehead atoms. The van der Waals surface area contributed by atoms with Crippen molar-refractivity contribution in [3.8, 4) is 11.5 Å². The number of hydrogen-bond acceptors (Lipinski definition) is 3. The Balaban J connectivity index is 1.78. The number of carbonyl (C=O) groups is 1. The molecule has 4 nitrogen and oxygen atoms in total. The number of hydrogen-bond donors (Lipinski definition) is 1. The van der Waals surface area contributed by atoms with Gasteiger partial charge in [-0.3, -0.25) is 4.79 Å². The number of rotatable bonds is 8. The van der Waals surface area contributed by atoms with Crippen LogP contribution in [0.15, 0.2) is 54.6 Å². The lowest BCUT2D eigenvalue weighted by molar-refractivity contribution is -0.116. The highest BCUT2D eigenvalue weighted by Crippen LogP contribution is 2.21. The fraction of sp³-hybridized carbons (Fsp3) is 0.167. The van der Waals surface area contributed by atoms with E-state index in [2.05, 4.69) is 10.1 Å². The molecule has 0 aliphatic heterocycles. The van der Waals surface area contributed by atoms with E-state index in [4.69, 9.17) is 4.74 Å². The van der Waals surface area contributed by atoms with E-state index < -0.39 is 12.5 Å². The average molecular weight is 351 g/mol. The third-order valence-corrected chi connectivity index (χ3v) is 3.03. The Labute approximate surface area is 142 Å². The minimum absolute atomic E-state index is 0.0128. The molecule has 0 aliphatic carbocycles. The third-order valence-electron chi connectivity index (χ3n) is 3.03. The lowest BCUT2D eigenvalue weighted by Crippen LogP contribution is -2.26. The summed E-state index contributed by atoms with van der Waals surface area (Å²) in [6, 6.07) is 11.7. The van der Waals surface area contributed by atoms with Gasteiger partial charge in [0.1, 0.15) is 23.9 Å². The topological polar surface area (TPSA) is 47.6 Å². The lowest BCUT2D eigenvalue weighted by Gasteiger charge is -2.08. The highest BCUT2D eigenvalue weighted by Gasteiger charge is 2.07. The third kappa shape index (κ3) is 6.58. The molecule has 0 saturated carbocycles. The summed E-state index contributed by atoms with van der Waals surface area (Å²) in [6.45, 7) is -2.50. The summed E-state index contributed by atoms with van der Waals surface area (Å²) in [5.41, 5.74) is 0.362. The maximum Gasteiger partial charge on any atom is 0.387 e. The molecule has 0 saturated heterocycles. The fourth-order valence-corrected chi connectivity index (χ4v) is 1.92. The van der Waals surface area contributed by atoms with Crippen LogP contribution in [0.3, 0.4) is 0 Å². The number of alkyl halides is 2. The molecular formula is C18H16F3NO3. The van der Waals surface area contributed by atoms with Gasteiger partial charge in [-0.25, -0.2) is 4.39 Å². The van der Waals surface area contributed by atoms with Gasteiger partial charge in [-0.15, -0.1) is 0 Å². The van der Waals surface area contributed by atoms with Crippen molar-refractivity contribution in [1.29, 1.82) is 0 Å². The summed E-state index contributed by atoms with van der Waals surface area (Å²) in [6.07, 6.45) is 2.60. The highest BCUT2D eigenvalue weighted by atomic mass is 19.3. The van der Waals surface area contributed by atoms with Gasteiger partial charge in [0.15, 0.2) is 0 Å². The predicted molar refractivity (Wildman–Crippen MR) is 87.0 cm³/mol. The number of carbonyl (C=O) groups excluding carboxylic acids is 1. The monoisotopic (exact) mass is 351 g/mol. The summed E-state index contributed by atoms with van der Waals surface area (Å²) in [5.74, 6) is -0.290. The predicted octanol–water partition coefficient (Wildman–Crippen LogP) is 3.64. The Morgan fingerprint density at radius 3 is 2.56 bits per heavy atom. The summed E-state index contributed by atoms with van der Waals surface area (Å²) in [5, 5.41) is 2.58. The van der Waals surface area contributed by atoms with Crippen molar-refractivity contribution in [2.75, 3.05) is 13.2 Å². The fourth-order valence-electron chi connectivity index (χ4n) is 1.92. The molecular weight excluding hydrogens is 335 g/mol. The standard InChI is InChI=1S/C18H16F3NO3/c19-14-6-8-15(9-7-14)24-12-11-22-17(23)10-5-13-3-1-2-4-16(13)25-18(20)21/h1-10,18H,11-12H2,(H,22,23)/b10-5+. The van der Waals surface area contributed by atoms with E-state index in [0.717, 1.165) is 0 Å². The number of amides is 1. The van der Waals surface area contributed by atoms with E-state index in [1.54, 1.807) is 18.2 Å². The molecule has 132 valence electrons. The second kappa shape index (κ2) is 9.36. The van der Waals surface area contributed by atoms with Crippen LogP contribution in [0.4, 0.5) is 13.2 Å². The van der Waals surface area contributed by atoms with Gasteiger partial charge >= 0.3 is 6.61 Å². The van der Waals surface area contributed by atoms with Crippen molar-refractivity contribution in [2.45, 2.75) is 6.61 Å². The van der Waals surface area contributed by atoms with Crippen LogP contribution in [0.1, 0.15) is 5.56 Å². The molecule has 0 aliphatic rings. The van der Waals surface area contributed by atoms with Crippen molar-refractivity contribution in [3.63, 3.8) is 0 Å². The molecule has 7 heteroatoms. The molecule has 0 atom stereocenters. The molecule has 0 unspecified atom stereocenters. The summed E-state index contributed by atoms with van der Waals surface area (Å²) in [4.78, 5) is 11.7. The second-order valence-electron chi connectivity index (χ2n) is 4.84. The lowest BCUT2D eigenvalue weighted by atomic mass is 10.2. The van der Waals surface area contributed by atoms with E-state index in [0.29, 0.717) is 11.3 Å². The van der Waals surface area contributed by atoms with E-state index in [1.165, 1.54) is 42.5 Å². The van der Waals surface area contributed by atoms with Gasteiger partial charge in [-0.1, -0.05) is 18.2 Å². The molecule has 0 heterocycles. The maximum absolute atomic E-state index is 12.7. The molecule has 2 rings (SSSR count). The van der Waals surface area contributed by atoms with Gasteiger partial charge in [0.05, 0.1) is 6.54 Å².